The lowest BCUT2D eigenvalue weighted by atomic mass is 10.2. The first-order chi connectivity index (χ1) is 13.9. The average Bonchev–Trinajstić information content (AvgIpc) is 3.30. The Morgan fingerprint density at radius 3 is 2.90 bits per heavy atom. The van der Waals surface area contributed by atoms with E-state index in [2.05, 4.69) is 20.4 Å². The third-order valence-electron chi connectivity index (χ3n) is 4.98. The van der Waals surface area contributed by atoms with Crippen molar-refractivity contribution in [3.63, 3.8) is 0 Å². The van der Waals surface area contributed by atoms with Gasteiger partial charge in [-0.15, -0.1) is 5.10 Å². The standard InChI is InChI=1S/C19H20FN7O2/c1-12-21-9-16-25(2)19(29)15(7-8-27(12)16)23-18(28)17-22-11-26(24-17)10-13-5-3-4-6-14(13)20/h3-6,9,11,15H,7-8,10H2,1-2H3,(H,23,28)/t15-/m1/s1. The van der Waals surface area contributed by atoms with Gasteiger partial charge in [-0.05, 0) is 19.4 Å². The quantitative estimate of drug-likeness (QED) is 0.712. The normalized spacial score (nSPS) is 16.4. The largest absolute Gasteiger partial charge is 0.337 e. The monoisotopic (exact) mass is 397 g/mol. The SMILES string of the molecule is Cc1ncc2n1CC[C@@H](NC(=O)c1ncn(Cc3ccccc3F)n1)C(=O)N2C. The summed E-state index contributed by atoms with van der Waals surface area (Å²) >= 11 is 0. The molecule has 0 bridgehead atoms. The van der Waals surface area contributed by atoms with Gasteiger partial charge in [0.15, 0.2) is 0 Å². The molecule has 0 unspecified atom stereocenters. The summed E-state index contributed by atoms with van der Waals surface area (Å²) in [6, 6.07) is 5.63. The minimum absolute atomic E-state index is 0.0708. The van der Waals surface area contributed by atoms with E-state index in [1.165, 1.54) is 22.0 Å². The highest BCUT2D eigenvalue weighted by Crippen LogP contribution is 2.21. The number of fused-ring (bicyclic) bond motifs is 1. The number of aromatic nitrogens is 5. The zero-order chi connectivity index (χ0) is 20.5. The number of nitrogens with one attached hydrogen (secondary N) is 1. The van der Waals surface area contributed by atoms with E-state index >= 15 is 0 Å². The summed E-state index contributed by atoms with van der Waals surface area (Å²) in [5.41, 5.74) is 0.441. The van der Waals surface area contributed by atoms with Gasteiger partial charge in [0.1, 0.15) is 29.8 Å². The van der Waals surface area contributed by atoms with Gasteiger partial charge in [-0.25, -0.2) is 19.0 Å². The molecule has 0 aliphatic carbocycles. The van der Waals surface area contributed by atoms with Crippen molar-refractivity contribution < 1.29 is 14.0 Å². The van der Waals surface area contributed by atoms with Gasteiger partial charge < -0.3 is 9.88 Å². The van der Waals surface area contributed by atoms with Crippen molar-refractivity contribution in [2.75, 3.05) is 11.9 Å². The van der Waals surface area contributed by atoms with Gasteiger partial charge in [0.2, 0.25) is 5.82 Å². The van der Waals surface area contributed by atoms with Crippen LogP contribution in [0.1, 0.15) is 28.4 Å². The third kappa shape index (κ3) is 3.60. The van der Waals surface area contributed by atoms with Crippen molar-refractivity contribution in [1.29, 1.82) is 0 Å². The van der Waals surface area contributed by atoms with Crippen molar-refractivity contribution in [3.8, 4) is 0 Å². The second kappa shape index (κ2) is 7.46. The van der Waals surface area contributed by atoms with Crippen LogP contribution in [0, 0.1) is 12.7 Å². The first-order valence-corrected chi connectivity index (χ1v) is 9.17. The van der Waals surface area contributed by atoms with Gasteiger partial charge >= 0.3 is 0 Å². The number of nitrogens with zero attached hydrogens (tertiary/aromatic N) is 6. The Kier molecular flexibility index (Phi) is 4.83. The van der Waals surface area contributed by atoms with Gasteiger partial charge in [-0.2, -0.15) is 0 Å². The maximum Gasteiger partial charge on any atom is 0.291 e. The van der Waals surface area contributed by atoms with E-state index in [-0.39, 0.29) is 24.1 Å². The highest BCUT2D eigenvalue weighted by Gasteiger charge is 2.31. The van der Waals surface area contributed by atoms with Gasteiger partial charge in [0, 0.05) is 19.2 Å². The Hall–Kier alpha value is -3.56. The van der Waals surface area contributed by atoms with Crippen LogP contribution in [0.5, 0.6) is 0 Å². The van der Waals surface area contributed by atoms with E-state index in [0.717, 1.165) is 5.82 Å². The number of anilines is 1. The fraction of sp³-hybridized carbons (Fsp3) is 0.316. The number of carbonyl (C=O) groups excluding carboxylic acids is 2. The fourth-order valence-corrected chi connectivity index (χ4v) is 3.36. The van der Waals surface area contributed by atoms with Crippen LogP contribution in [-0.2, 0) is 17.9 Å². The Labute approximate surface area is 166 Å². The molecule has 0 saturated carbocycles. The molecular weight excluding hydrogens is 377 g/mol. The maximum absolute atomic E-state index is 13.8. The van der Waals surface area contributed by atoms with Crippen LogP contribution in [0.2, 0.25) is 0 Å². The molecule has 9 nitrogen and oxygen atoms in total. The summed E-state index contributed by atoms with van der Waals surface area (Å²) in [5, 5.41) is 6.82. The molecule has 0 saturated heterocycles. The highest BCUT2D eigenvalue weighted by molar-refractivity contribution is 6.00. The number of aryl methyl sites for hydroxylation is 1. The lowest BCUT2D eigenvalue weighted by molar-refractivity contribution is -0.120. The molecule has 3 heterocycles. The molecule has 1 atom stereocenters. The predicted octanol–water partition coefficient (Wildman–Crippen LogP) is 1.14. The number of likely N-dealkylation sites (N-methyl/N-ethyl adjacent to an activating group) is 1. The molecule has 29 heavy (non-hydrogen) atoms. The van der Waals surface area contributed by atoms with E-state index in [1.54, 1.807) is 31.4 Å². The van der Waals surface area contributed by atoms with E-state index < -0.39 is 11.9 Å². The topological polar surface area (TPSA) is 97.9 Å². The Balaban J connectivity index is 1.45. The number of amides is 2. The van der Waals surface area contributed by atoms with Crippen molar-refractivity contribution in [3.05, 3.63) is 59.8 Å². The predicted molar refractivity (Wildman–Crippen MR) is 102 cm³/mol. The molecule has 4 rings (SSSR count). The molecule has 1 aliphatic rings. The molecule has 0 radical (unpaired) electrons. The lowest BCUT2D eigenvalue weighted by Gasteiger charge is -2.19. The molecular formula is C19H20FN7O2. The first kappa shape index (κ1) is 18.8. The number of carbonyl (C=O) groups is 2. The third-order valence-corrected chi connectivity index (χ3v) is 4.98. The average molecular weight is 397 g/mol. The maximum atomic E-state index is 13.8. The summed E-state index contributed by atoms with van der Waals surface area (Å²) in [5.74, 6) is 0.290. The Morgan fingerprint density at radius 1 is 1.31 bits per heavy atom. The van der Waals surface area contributed by atoms with Crippen LogP contribution in [0.15, 0.2) is 36.8 Å². The first-order valence-electron chi connectivity index (χ1n) is 9.17. The Bertz CT molecular complexity index is 1070. The van der Waals surface area contributed by atoms with E-state index in [0.29, 0.717) is 24.3 Å². The molecule has 0 spiro atoms. The smallest absolute Gasteiger partial charge is 0.291 e. The minimum atomic E-state index is -0.703. The summed E-state index contributed by atoms with van der Waals surface area (Å²) in [6.07, 6.45) is 3.43. The second-order valence-electron chi connectivity index (χ2n) is 6.88. The van der Waals surface area contributed by atoms with Crippen molar-refractivity contribution in [2.24, 2.45) is 0 Å². The minimum Gasteiger partial charge on any atom is -0.337 e. The molecule has 0 fully saturated rings. The van der Waals surface area contributed by atoms with E-state index in [1.807, 2.05) is 11.5 Å². The molecule has 10 heteroatoms. The molecule has 2 aromatic heterocycles. The van der Waals surface area contributed by atoms with Crippen molar-refractivity contribution in [2.45, 2.75) is 32.5 Å². The van der Waals surface area contributed by atoms with Gasteiger partial charge in [0.25, 0.3) is 11.8 Å². The Morgan fingerprint density at radius 2 is 2.10 bits per heavy atom. The summed E-state index contributed by atoms with van der Waals surface area (Å²) in [6.45, 7) is 2.57. The number of benzene rings is 1. The van der Waals surface area contributed by atoms with Crippen molar-refractivity contribution >= 4 is 17.6 Å². The highest BCUT2D eigenvalue weighted by atomic mass is 19.1. The summed E-state index contributed by atoms with van der Waals surface area (Å²) in [7, 11) is 1.65. The van der Waals surface area contributed by atoms with Crippen LogP contribution in [-0.4, -0.2) is 49.2 Å². The number of rotatable bonds is 4. The summed E-state index contributed by atoms with van der Waals surface area (Å²) < 4.78 is 17.1. The molecule has 1 aliphatic heterocycles. The van der Waals surface area contributed by atoms with Gasteiger partial charge in [-0.3, -0.25) is 14.5 Å². The number of hydrogen-bond donors (Lipinski definition) is 1. The lowest BCUT2D eigenvalue weighted by Crippen LogP contribution is -2.47. The van der Waals surface area contributed by atoms with Crippen LogP contribution in [0.3, 0.4) is 0 Å². The van der Waals surface area contributed by atoms with Crippen LogP contribution in [0.25, 0.3) is 0 Å². The van der Waals surface area contributed by atoms with Crippen LogP contribution < -0.4 is 10.2 Å². The van der Waals surface area contributed by atoms with Crippen LogP contribution in [0.4, 0.5) is 10.2 Å². The van der Waals surface area contributed by atoms with E-state index in [9.17, 15) is 14.0 Å². The molecule has 2 amide bonds. The number of imidazole rings is 1. The second-order valence-corrected chi connectivity index (χ2v) is 6.88. The number of halogens is 1. The van der Waals surface area contributed by atoms with Gasteiger partial charge in [-0.1, -0.05) is 18.2 Å². The number of hydrogen-bond acceptors (Lipinski definition) is 5. The fourth-order valence-electron chi connectivity index (χ4n) is 3.36. The molecule has 150 valence electrons. The van der Waals surface area contributed by atoms with E-state index in [4.69, 9.17) is 0 Å². The van der Waals surface area contributed by atoms with Gasteiger partial charge in [0.05, 0.1) is 12.7 Å². The zero-order valence-electron chi connectivity index (χ0n) is 16.0. The molecule has 3 aromatic rings. The summed E-state index contributed by atoms with van der Waals surface area (Å²) in [4.78, 5) is 35.0. The zero-order valence-corrected chi connectivity index (χ0v) is 16.0. The molecule has 1 aromatic carbocycles. The molecule has 1 N–H and O–H groups in total. The van der Waals surface area contributed by atoms with Crippen molar-refractivity contribution in [1.82, 2.24) is 29.6 Å². The van der Waals surface area contributed by atoms with Crippen LogP contribution >= 0.6 is 0 Å².